The first-order chi connectivity index (χ1) is 19.1. The minimum atomic E-state index is 0.0476. The molecule has 1 fully saturated rings. The molecule has 39 heavy (non-hydrogen) atoms. The van der Waals surface area contributed by atoms with Crippen LogP contribution in [0.25, 0.3) is 11.5 Å². The molecular weight excluding hydrogens is 531 g/mol. The Balaban J connectivity index is 1.30. The second kappa shape index (κ2) is 13.0. The van der Waals surface area contributed by atoms with Crippen LogP contribution in [0.2, 0.25) is 10.0 Å². The quantitative estimate of drug-likeness (QED) is 0.222. The van der Waals surface area contributed by atoms with E-state index in [1.54, 1.807) is 0 Å². The molecule has 8 heteroatoms. The molecule has 0 unspecified atom stereocenters. The van der Waals surface area contributed by atoms with Crippen molar-refractivity contribution in [1.82, 2.24) is 9.88 Å². The fourth-order valence-electron chi connectivity index (χ4n) is 4.89. The van der Waals surface area contributed by atoms with E-state index in [-0.39, 0.29) is 11.7 Å². The van der Waals surface area contributed by atoms with Crippen LogP contribution in [-0.2, 0) is 6.61 Å². The molecule has 0 aliphatic carbocycles. The highest BCUT2D eigenvalue weighted by molar-refractivity contribution is 6.31. The van der Waals surface area contributed by atoms with E-state index in [1.807, 2.05) is 66.7 Å². The SMILES string of the molecule is N#Cc1nc(-c2ccc(OCc3ccccc3Cl)cc2)oc1NC[C@H](c1ccccc1Cl)N1CCCCCC1. The highest BCUT2D eigenvalue weighted by atomic mass is 35.5. The lowest BCUT2D eigenvalue weighted by atomic mass is 10.0. The van der Waals surface area contributed by atoms with E-state index in [0.717, 1.165) is 47.6 Å². The van der Waals surface area contributed by atoms with Crippen LogP contribution in [0.4, 0.5) is 5.88 Å². The zero-order valence-electron chi connectivity index (χ0n) is 21.6. The molecule has 0 amide bonds. The Morgan fingerprint density at radius 3 is 2.31 bits per heavy atom. The Bertz CT molecular complexity index is 1420. The van der Waals surface area contributed by atoms with E-state index in [0.29, 0.717) is 35.7 Å². The molecule has 1 aliphatic rings. The van der Waals surface area contributed by atoms with Crippen LogP contribution in [0.15, 0.2) is 77.2 Å². The van der Waals surface area contributed by atoms with Crippen LogP contribution < -0.4 is 10.1 Å². The average molecular weight is 562 g/mol. The molecule has 200 valence electrons. The predicted molar refractivity (Wildman–Crippen MR) is 155 cm³/mol. The summed E-state index contributed by atoms with van der Waals surface area (Å²) in [6.07, 6.45) is 4.81. The fourth-order valence-corrected chi connectivity index (χ4v) is 5.34. The minimum Gasteiger partial charge on any atom is -0.489 e. The van der Waals surface area contributed by atoms with Crippen molar-refractivity contribution in [2.75, 3.05) is 25.0 Å². The maximum Gasteiger partial charge on any atom is 0.232 e. The largest absolute Gasteiger partial charge is 0.489 e. The number of halogens is 2. The van der Waals surface area contributed by atoms with Crippen LogP contribution in [0.1, 0.15) is 48.5 Å². The van der Waals surface area contributed by atoms with Gasteiger partial charge in [0.1, 0.15) is 18.4 Å². The molecule has 6 nitrogen and oxygen atoms in total. The highest BCUT2D eigenvalue weighted by Gasteiger charge is 2.25. The van der Waals surface area contributed by atoms with Crippen LogP contribution in [0.5, 0.6) is 5.75 Å². The molecule has 4 aromatic rings. The third kappa shape index (κ3) is 6.75. The number of rotatable bonds is 9. The summed E-state index contributed by atoms with van der Waals surface area (Å²) in [4.78, 5) is 6.92. The molecule has 1 aromatic heterocycles. The van der Waals surface area contributed by atoms with E-state index >= 15 is 0 Å². The van der Waals surface area contributed by atoms with Gasteiger partial charge in [-0.3, -0.25) is 4.90 Å². The summed E-state index contributed by atoms with van der Waals surface area (Å²) in [5, 5.41) is 14.5. The summed E-state index contributed by atoms with van der Waals surface area (Å²) in [5.41, 5.74) is 2.96. The third-order valence-corrected chi connectivity index (χ3v) is 7.70. The second-order valence-corrected chi connectivity index (χ2v) is 10.4. The van der Waals surface area contributed by atoms with Gasteiger partial charge in [0, 0.05) is 27.7 Å². The van der Waals surface area contributed by atoms with Gasteiger partial charge in [0.15, 0.2) is 0 Å². The van der Waals surface area contributed by atoms with Gasteiger partial charge in [0.05, 0.1) is 6.04 Å². The lowest BCUT2D eigenvalue weighted by molar-refractivity contribution is 0.213. The maximum atomic E-state index is 9.76. The summed E-state index contributed by atoms with van der Waals surface area (Å²) in [5.74, 6) is 1.43. The van der Waals surface area contributed by atoms with Crippen molar-refractivity contribution in [1.29, 1.82) is 5.26 Å². The molecule has 0 radical (unpaired) electrons. The van der Waals surface area contributed by atoms with Crippen molar-refractivity contribution in [2.45, 2.75) is 38.3 Å². The van der Waals surface area contributed by atoms with Crippen molar-refractivity contribution in [2.24, 2.45) is 0 Å². The van der Waals surface area contributed by atoms with E-state index in [4.69, 9.17) is 32.4 Å². The third-order valence-electron chi connectivity index (χ3n) is 6.99. The van der Waals surface area contributed by atoms with Gasteiger partial charge in [-0.25, -0.2) is 0 Å². The van der Waals surface area contributed by atoms with E-state index in [2.05, 4.69) is 27.3 Å². The lowest BCUT2D eigenvalue weighted by Crippen LogP contribution is -2.34. The van der Waals surface area contributed by atoms with Crippen LogP contribution >= 0.6 is 23.2 Å². The van der Waals surface area contributed by atoms with E-state index in [9.17, 15) is 5.26 Å². The molecule has 1 N–H and O–H groups in total. The molecule has 5 rings (SSSR count). The van der Waals surface area contributed by atoms with Crippen molar-refractivity contribution in [3.8, 4) is 23.3 Å². The molecule has 3 aromatic carbocycles. The molecule has 0 bridgehead atoms. The summed E-state index contributed by atoms with van der Waals surface area (Å²) in [7, 11) is 0. The van der Waals surface area contributed by atoms with Gasteiger partial charge in [0.2, 0.25) is 17.5 Å². The second-order valence-electron chi connectivity index (χ2n) is 9.58. The zero-order chi connectivity index (χ0) is 27.0. The maximum absolute atomic E-state index is 9.76. The molecule has 1 saturated heterocycles. The van der Waals surface area contributed by atoms with Crippen molar-refractivity contribution in [3.63, 3.8) is 0 Å². The molecule has 1 atom stereocenters. The van der Waals surface area contributed by atoms with Crippen molar-refractivity contribution in [3.05, 3.63) is 99.7 Å². The number of hydrogen-bond acceptors (Lipinski definition) is 6. The number of nitrogens with one attached hydrogen (secondary N) is 1. The molecule has 0 spiro atoms. The summed E-state index contributed by atoms with van der Waals surface area (Å²) < 4.78 is 11.9. The Hall–Kier alpha value is -3.50. The van der Waals surface area contributed by atoms with E-state index < -0.39 is 0 Å². The first kappa shape index (κ1) is 27.1. The van der Waals surface area contributed by atoms with Crippen LogP contribution in [0, 0.1) is 11.3 Å². The van der Waals surface area contributed by atoms with Crippen molar-refractivity contribution < 1.29 is 9.15 Å². The number of hydrogen-bond donors (Lipinski definition) is 1. The molecule has 1 aliphatic heterocycles. The molecular formula is C31H30Cl2N4O2. The Labute approximate surface area is 239 Å². The standard InChI is InChI=1S/C31H30Cl2N4O2/c32-26-11-5-3-9-23(26)21-38-24-15-13-22(14-16-24)30-36-28(19-34)31(39-30)35-20-29(25-10-4-6-12-27(25)33)37-17-7-1-2-8-18-37/h3-6,9-16,29,35H,1-2,7-8,17-18,20-21H2/t29-/m1/s1. The van der Waals surface area contributed by atoms with Gasteiger partial charge in [-0.05, 0) is 67.9 Å². The monoisotopic (exact) mass is 560 g/mol. The smallest absolute Gasteiger partial charge is 0.232 e. The average Bonchev–Trinajstić information content (AvgIpc) is 3.18. The number of likely N-dealkylation sites (tertiary alicyclic amines) is 1. The summed E-state index contributed by atoms with van der Waals surface area (Å²) in [6, 6.07) is 25.2. The number of aromatic nitrogens is 1. The van der Waals surface area contributed by atoms with E-state index in [1.165, 1.54) is 12.8 Å². The van der Waals surface area contributed by atoms with Gasteiger partial charge < -0.3 is 14.5 Å². The van der Waals surface area contributed by atoms with Crippen LogP contribution in [-0.4, -0.2) is 29.5 Å². The van der Waals surface area contributed by atoms with Crippen molar-refractivity contribution >= 4 is 29.1 Å². The first-order valence-corrected chi connectivity index (χ1v) is 14.0. The summed E-state index contributed by atoms with van der Waals surface area (Å²) >= 11 is 12.8. The van der Waals surface area contributed by atoms with Gasteiger partial charge in [-0.15, -0.1) is 0 Å². The van der Waals surface area contributed by atoms with Gasteiger partial charge >= 0.3 is 0 Å². The zero-order valence-corrected chi connectivity index (χ0v) is 23.1. The molecule has 0 saturated carbocycles. The Kier molecular flexibility index (Phi) is 9.05. The number of nitriles is 1. The highest BCUT2D eigenvalue weighted by Crippen LogP contribution is 2.32. The topological polar surface area (TPSA) is 74.3 Å². The number of ether oxygens (including phenoxy) is 1. The van der Waals surface area contributed by atoms with Gasteiger partial charge in [0.25, 0.3) is 0 Å². The number of anilines is 1. The van der Waals surface area contributed by atoms with Gasteiger partial charge in [-0.1, -0.05) is 72.4 Å². The fraction of sp³-hybridized carbons (Fsp3) is 0.290. The normalized spacial score (nSPS) is 14.8. The van der Waals surface area contributed by atoms with Crippen LogP contribution in [0.3, 0.4) is 0 Å². The number of oxazole rings is 1. The summed E-state index contributed by atoms with van der Waals surface area (Å²) in [6.45, 7) is 2.93. The predicted octanol–water partition coefficient (Wildman–Crippen LogP) is 8.13. The minimum absolute atomic E-state index is 0.0476. The lowest BCUT2D eigenvalue weighted by Gasteiger charge is -2.31. The number of nitrogens with zero attached hydrogens (tertiary/aromatic N) is 3. The first-order valence-electron chi connectivity index (χ1n) is 13.2. The molecule has 2 heterocycles. The Morgan fingerprint density at radius 1 is 0.923 bits per heavy atom. The van der Waals surface area contributed by atoms with Gasteiger partial charge in [-0.2, -0.15) is 10.2 Å². The number of benzene rings is 3. The Morgan fingerprint density at radius 2 is 1.62 bits per heavy atom.